The Labute approximate surface area is 69.6 Å². The number of methoxy groups -OCH3 is 1. The van der Waals surface area contributed by atoms with E-state index < -0.39 is 18.2 Å². The minimum Gasteiger partial charge on any atom is -0.469 e. The highest BCUT2D eigenvalue weighted by Gasteiger charge is 2.34. The molecule has 2 atom stereocenters. The maximum absolute atomic E-state index is 10.8. The molecule has 5 nitrogen and oxygen atoms in total. The number of ether oxygens (including phenoxy) is 3. The van der Waals surface area contributed by atoms with Gasteiger partial charge in [0.1, 0.15) is 6.10 Å². The molecule has 0 aromatic heterocycles. The Kier molecular flexibility index (Phi) is 2.52. The quantitative estimate of drug-likeness (QED) is 0.569. The number of hydrogen-bond donors (Lipinski definition) is 0. The summed E-state index contributed by atoms with van der Waals surface area (Å²) in [4.78, 5) is 21.3. The Balaban J connectivity index is 2.42. The van der Waals surface area contributed by atoms with E-state index >= 15 is 0 Å². The molecule has 1 aliphatic rings. The third-order valence-corrected chi connectivity index (χ3v) is 1.65. The molecule has 0 aromatic carbocycles. The SMILES string of the molecule is COC(=O)CC1OC(=O)OC1C. The van der Waals surface area contributed by atoms with E-state index in [0.717, 1.165) is 0 Å². The zero-order chi connectivity index (χ0) is 9.14. The highest BCUT2D eigenvalue weighted by atomic mass is 16.8. The maximum atomic E-state index is 10.8. The van der Waals surface area contributed by atoms with Gasteiger partial charge in [-0.15, -0.1) is 0 Å². The molecule has 1 saturated heterocycles. The lowest BCUT2D eigenvalue weighted by Gasteiger charge is -2.08. The Bertz CT molecular complexity index is 200. The second kappa shape index (κ2) is 3.42. The molecule has 0 bridgehead atoms. The van der Waals surface area contributed by atoms with Crippen LogP contribution in [0, 0.1) is 0 Å². The van der Waals surface area contributed by atoms with Crippen LogP contribution >= 0.6 is 0 Å². The second-order valence-electron chi connectivity index (χ2n) is 2.51. The average molecular weight is 174 g/mol. The van der Waals surface area contributed by atoms with E-state index in [1.54, 1.807) is 6.92 Å². The first-order valence-electron chi connectivity index (χ1n) is 3.57. The summed E-state index contributed by atoms with van der Waals surface area (Å²) in [5.41, 5.74) is 0. The topological polar surface area (TPSA) is 61.8 Å². The number of rotatable bonds is 2. The molecule has 68 valence electrons. The van der Waals surface area contributed by atoms with Gasteiger partial charge in [-0.25, -0.2) is 4.79 Å². The summed E-state index contributed by atoms with van der Waals surface area (Å²) in [6, 6.07) is 0. The second-order valence-corrected chi connectivity index (χ2v) is 2.51. The predicted octanol–water partition coefficient (Wildman–Crippen LogP) is 0.473. The fourth-order valence-corrected chi connectivity index (χ4v) is 0.930. The number of esters is 1. The number of cyclic esters (lactones) is 2. The minimum absolute atomic E-state index is 0.0450. The van der Waals surface area contributed by atoms with Crippen molar-refractivity contribution in [3.05, 3.63) is 0 Å². The molecule has 0 N–H and O–H groups in total. The van der Waals surface area contributed by atoms with Crippen LogP contribution in [0.3, 0.4) is 0 Å². The van der Waals surface area contributed by atoms with Gasteiger partial charge >= 0.3 is 12.1 Å². The molecule has 1 fully saturated rings. The van der Waals surface area contributed by atoms with Gasteiger partial charge < -0.3 is 14.2 Å². The summed E-state index contributed by atoms with van der Waals surface area (Å²) < 4.78 is 13.7. The molecule has 1 aliphatic heterocycles. The van der Waals surface area contributed by atoms with E-state index in [2.05, 4.69) is 14.2 Å². The van der Waals surface area contributed by atoms with E-state index in [1.807, 2.05) is 0 Å². The zero-order valence-corrected chi connectivity index (χ0v) is 6.90. The van der Waals surface area contributed by atoms with Crippen LogP contribution in [0.1, 0.15) is 13.3 Å². The molecular formula is C7H10O5. The van der Waals surface area contributed by atoms with Crippen molar-refractivity contribution in [2.24, 2.45) is 0 Å². The van der Waals surface area contributed by atoms with Crippen LogP contribution in [0.5, 0.6) is 0 Å². The molecule has 0 aliphatic carbocycles. The van der Waals surface area contributed by atoms with Gasteiger partial charge in [-0.1, -0.05) is 0 Å². The fraction of sp³-hybridized carbons (Fsp3) is 0.714. The third kappa shape index (κ3) is 1.87. The van der Waals surface area contributed by atoms with E-state index in [1.165, 1.54) is 7.11 Å². The van der Waals surface area contributed by atoms with Gasteiger partial charge in [0.05, 0.1) is 13.5 Å². The fourth-order valence-electron chi connectivity index (χ4n) is 0.930. The molecule has 0 amide bonds. The van der Waals surface area contributed by atoms with E-state index in [-0.39, 0.29) is 12.5 Å². The normalized spacial score (nSPS) is 27.7. The van der Waals surface area contributed by atoms with Gasteiger partial charge in [0, 0.05) is 0 Å². The van der Waals surface area contributed by atoms with Crippen molar-refractivity contribution < 1.29 is 23.8 Å². The van der Waals surface area contributed by atoms with Crippen LogP contribution in [0.15, 0.2) is 0 Å². The first-order valence-corrected chi connectivity index (χ1v) is 3.57. The standard InChI is InChI=1S/C7H10O5/c1-4-5(3-6(8)10-2)12-7(9)11-4/h4-5H,3H2,1-2H3. The molecule has 0 spiro atoms. The molecule has 2 unspecified atom stereocenters. The summed E-state index contributed by atoms with van der Waals surface area (Å²) in [5, 5.41) is 0. The highest BCUT2D eigenvalue weighted by Crippen LogP contribution is 2.17. The molecule has 0 saturated carbocycles. The maximum Gasteiger partial charge on any atom is 0.509 e. The molecule has 1 heterocycles. The molecular weight excluding hydrogens is 164 g/mol. The van der Waals surface area contributed by atoms with E-state index in [9.17, 15) is 9.59 Å². The van der Waals surface area contributed by atoms with Crippen molar-refractivity contribution in [3.63, 3.8) is 0 Å². The van der Waals surface area contributed by atoms with Crippen LogP contribution < -0.4 is 0 Å². The predicted molar refractivity (Wildman–Crippen MR) is 37.4 cm³/mol. The summed E-state index contributed by atoms with van der Waals surface area (Å²) >= 11 is 0. The molecule has 0 radical (unpaired) electrons. The third-order valence-electron chi connectivity index (χ3n) is 1.65. The van der Waals surface area contributed by atoms with Gasteiger partial charge in [0.25, 0.3) is 0 Å². The highest BCUT2D eigenvalue weighted by molar-refractivity contribution is 5.71. The first kappa shape index (κ1) is 8.83. The Hall–Kier alpha value is -1.26. The van der Waals surface area contributed by atoms with Gasteiger partial charge in [-0.05, 0) is 6.92 Å². The van der Waals surface area contributed by atoms with Crippen LogP contribution in [0.4, 0.5) is 4.79 Å². The summed E-state index contributed by atoms with van der Waals surface area (Å²) in [5.74, 6) is -0.412. The van der Waals surface area contributed by atoms with Gasteiger partial charge in [0.15, 0.2) is 6.10 Å². The summed E-state index contributed by atoms with van der Waals surface area (Å²) in [6.07, 6.45) is -1.57. The van der Waals surface area contributed by atoms with Crippen LogP contribution in [-0.2, 0) is 19.0 Å². The largest absolute Gasteiger partial charge is 0.509 e. The van der Waals surface area contributed by atoms with Crippen molar-refractivity contribution in [2.75, 3.05) is 7.11 Å². The van der Waals surface area contributed by atoms with E-state index in [4.69, 9.17) is 0 Å². The lowest BCUT2D eigenvalue weighted by atomic mass is 10.2. The molecule has 0 aromatic rings. The average Bonchev–Trinajstić information content (AvgIpc) is 2.30. The Morgan fingerprint density at radius 3 is 2.67 bits per heavy atom. The molecule has 1 rings (SSSR count). The summed E-state index contributed by atoms with van der Waals surface area (Å²) in [6.45, 7) is 1.67. The number of carbonyl (C=O) groups excluding carboxylic acids is 2. The Morgan fingerprint density at radius 1 is 1.58 bits per heavy atom. The smallest absolute Gasteiger partial charge is 0.469 e. The minimum atomic E-state index is -0.726. The van der Waals surface area contributed by atoms with Gasteiger partial charge in [-0.3, -0.25) is 4.79 Å². The van der Waals surface area contributed by atoms with Crippen molar-refractivity contribution in [1.29, 1.82) is 0 Å². The van der Waals surface area contributed by atoms with Gasteiger partial charge in [-0.2, -0.15) is 0 Å². The van der Waals surface area contributed by atoms with Crippen molar-refractivity contribution in [2.45, 2.75) is 25.6 Å². The lowest BCUT2D eigenvalue weighted by Crippen LogP contribution is -2.23. The van der Waals surface area contributed by atoms with Crippen LogP contribution in [-0.4, -0.2) is 31.4 Å². The lowest BCUT2D eigenvalue weighted by molar-refractivity contribution is -0.142. The van der Waals surface area contributed by atoms with Crippen molar-refractivity contribution >= 4 is 12.1 Å². The monoisotopic (exact) mass is 174 g/mol. The van der Waals surface area contributed by atoms with Crippen molar-refractivity contribution in [1.82, 2.24) is 0 Å². The molecule has 5 heteroatoms. The first-order chi connectivity index (χ1) is 5.63. The van der Waals surface area contributed by atoms with Crippen LogP contribution in [0.2, 0.25) is 0 Å². The number of hydrogen-bond acceptors (Lipinski definition) is 5. The molecule has 12 heavy (non-hydrogen) atoms. The Morgan fingerprint density at radius 2 is 2.25 bits per heavy atom. The van der Waals surface area contributed by atoms with Gasteiger partial charge in [0.2, 0.25) is 0 Å². The number of carbonyl (C=O) groups is 2. The van der Waals surface area contributed by atoms with Crippen LogP contribution in [0.25, 0.3) is 0 Å². The van der Waals surface area contributed by atoms with E-state index in [0.29, 0.717) is 0 Å². The summed E-state index contributed by atoms with van der Waals surface area (Å²) in [7, 11) is 1.28. The zero-order valence-electron chi connectivity index (χ0n) is 6.90. The van der Waals surface area contributed by atoms with Crippen molar-refractivity contribution in [3.8, 4) is 0 Å².